The predicted molar refractivity (Wildman–Crippen MR) is 198 cm³/mol. The number of fused-ring (bicyclic) bond motifs is 7. The zero-order chi connectivity index (χ0) is 34.0. The molecule has 1 aromatic rings. The third-order valence-electron chi connectivity index (χ3n) is 12.4. The second kappa shape index (κ2) is 17.0. The summed E-state index contributed by atoms with van der Waals surface area (Å²) in [5.41, 5.74) is 4.59. The van der Waals surface area contributed by atoms with Gasteiger partial charge in [0.2, 0.25) is 0 Å². The fourth-order valence-electron chi connectivity index (χ4n) is 11.0. The van der Waals surface area contributed by atoms with Crippen molar-refractivity contribution in [1.82, 2.24) is 0 Å². The quantitative estimate of drug-likeness (QED) is 0.256. The lowest BCUT2D eigenvalue weighted by atomic mass is 9.41. The first-order chi connectivity index (χ1) is 21.6. The Morgan fingerprint density at radius 2 is 1.49 bits per heavy atom. The molecule has 45 heavy (non-hydrogen) atoms. The van der Waals surface area contributed by atoms with Crippen LogP contribution in [-0.4, -0.2) is 22.2 Å². The number of hydrogen-bond acceptors (Lipinski definition) is 2. The molecule has 4 heteroatoms. The topological polar surface area (TPSA) is 49.3 Å². The summed E-state index contributed by atoms with van der Waals surface area (Å²) < 4.78 is 14.6. The van der Waals surface area contributed by atoms with Crippen molar-refractivity contribution in [1.29, 1.82) is 0 Å². The van der Waals surface area contributed by atoms with Crippen LogP contribution in [0.3, 0.4) is 0 Å². The van der Waals surface area contributed by atoms with Crippen LogP contribution in [0, 0.1) is 77.4 Å². The van der Waals surface area contributed by atoms with Crippen molar-refractivity contribution in [3.05, 3.63) is 48.6 Å². The van der Waals surface area contributed by atoms with Gasteiger partial charge in [-0.15, -0.1) is 32.3 Å². The lowest BCUT2D eigenvalue weighted by molar-refractivity contribution is -0.134. The highest BCUT2D eigenvalue weighted by Crippen LogP contribution is 2.69. The molecule has 3 nitrogen and oxygen atoms in total. The number of benzene rings is 1. The summed E-state index contributed by atoms with van der Waals surface area (Å²) in [6, 6.07) is 8.61. The number of anilines is 1. The van der Waals surface area contributed by atoms with Crippen molar-refractivity contribution >= 4 is 22.2 Å². The number of nitrogens with one attached hydrogen (secondary N) is 1. The molecular weight excluding hydrogens is 571 g/mol. The second-order valence-electron chi connectivity index (χ2n) is 14.5. The maximum atomic E-state index is 11.6. The molecule has 5 aliphatic rings. The molecule has 0 saturated heterocycles. The summed E-state index contributed by atoms with van der Waals surface area (Å²) in [6.45, 7) is 17.4. The molecule has 250 valence electrons. The largest absolute Gasteiger partial charge is 0.396 e. The van der Waals surface area contributed by atoms with Gasteiger partial charge in [0.15, 0.2) is 0 Å². The fraction of sp³-hybridized carbons (Fsp3) is 0.659. The Morgan fingerprint density at radius 1 is 0.911 bits per heavy atom. The molecule has 0 aromatic heterocycles. The monoisotopic (exact) mass is 633 g/mol. The Morgan fingerprint density at radius 3 is 2.07 bits per heavy atom. The Bertz CT molecular complexity index is 1170. The van der Waals surface area contributed by atoms with Crippen molar-refractivity contribution < 1.29 is 9.32 Å². The van der Waals surface area contributed by atoms with Gasteiger partial charge in [-0.25, -0.2) is 4.21 Å². The van der Waals surface area contributed by atoms with Crippen LogP contribution in [0.2, 0.25) is 0 Å². The van der Waals surface area contributed by atoms with Gasteiger partial charge in [0.05, 0.1) is 0 Å². The maximum absolute atomic E-state index is 11.6. The number of terminal acetylenes is 2. The van der Waals surface area contributed by atoms with Gasteiger partial charge in [-0.3, -0.25) is 0 Å². The Kier molecular flexibility index (Phi) is 14.7. The number of allylic oxidation sites excluding steroid dienone is 3. The van der Waals surface area contributed by atoms with E-state index in [0.717, 1.165) is 41.2 Å². The molecule has 0 spiro atoms. The third-order valence-corrected chi connectivity index (χ3v) is 12.9. The van der Waals surface area contributed by atoms with Crippen molar-refractivity contribution in [3.63, 3.8) is 0 Å². The molecule has 0 radical (unpaired) electrons. The number of rotatable bonds is 4. The lowest BCUT2D eigenvalue weighted by Crippen LogP contribution is -2.56. The first kappa shape index (κ1) is 38.9. The maximum Gasteiger partial charge on any atom is 0.113 e. The molecule has 5 aliphatic carbocycles. The second-order valence-corrected chi connectivity index (χ2v) is 15.6. The zero-order valence-electron chi connectivity index (χ0n) is 29.5. The number of hydrogen-bond donors (Lipinski definition) is 2. The predicted octanol–water partition coefficient (Wildman–Crippen LogP) is 10.2. The van der Waals surface area contributed by atoms with Gasteiger partial charge >= 0.3 is 0 Å². The summed E-state index contributed by atoms with van der Waals surface area (Å²) in [5.74, 6) is 5.04. The molecule has 0 bridgehead atoms. The van der Waals surface area contributed by atoms with Gasteiger partial charge in [0.25, 0.3) is 0 Å². The first-order valence-corrected chi connectivity index (χ1v) is 18.9. The molecule has 0 heterocycles. The molecule has 4 fully saturated rings. The van der Waals surface area contributed by atoms with E-state index in [1.165, 1.54) is 75.3 Å². The van der Waals surface area contributed by atoms with Crippen LogP contribution in [0.25, 0.3) is 5.57 Å². The van der Waals surface area contributed by atoms with Gasteiger partial charge in [0.1, 0.15) is 11.0 Å². The van der Waals surface area contributed by atoms with Crippen molar-refractivity contribution in [3.8, 4) is 25.7 Å². The third kappa shape index (κ3) is 7.50. The minimum atomic E-state index is -1.04. The van der Waals surface area contributed by atoms with Crippen molar-refractivity contribution in [2.75, 3.05) is 17.6 Å². The van der Waals surface area contributed by atoms with E-state index < -0.39 is 11.0 Å². The average Bonchev–Trinajstić information content (AvgIpc) is 3.50. The smallest absolute Gasteiger partial charge is 0.113 e. The van der Waals surface area contributed by atoms with Gasteiger partial charge in [-0.05, 0) is 140 Å². The molecule has 7 unspecified atom stereocenters. The average molecular weight is 634 g/mol. The van der Waals surface area contributed by atoms with E-state index >= 15 is 0 Å². The summed E-state index contributed by atoms with van der Waals surface area (Å²) in [7, 11) is -1.04. The molecule has 6 rings (SSSR count). The highest BCUT2D eigenvalue weighted by Gasteiger charge is 2.61. The van der Waals surface area contributed by atoms with Crippen LogP contribution < -0.4 is 4.72 Å². The molecule has 0 aliphatic heterocycles. The van der Waals surface area contributed by atoms with E-state index in [-0.39, 0.29) is 10.8 Å². The molecule has 9 atom stereocenters. The highest BCUT2D eigenvalue weighted by molar-refractivity contribution is 7.85. The summed E-state index contributed by atoms with van der Waals surface area (Å²) in [4.78, 5) is 0. The van der Waals surface area contributed by atoms with Gasteiger partial charge in [0, 0.05) is 18.6 Å². The Hall–Kier alpha value is -2.27. The summed E-state index contributed by atoms with van der Waals surface area (Å²) in [6.07, 6.45) is 35.5. The summed E-state index contributed by atoms with van der Waals surface area (Å²) in [5, 5.41) is 10.4. The molecule has 1 aromatic carbocycles. The molecule has 2 N–H and O–H groups in total. The fourth-order valence-corrected chi connectivity index (χ4v) is 11.5. The van der Waals surface area contributed by atoms with Crippen LogP contribution in [0.4, 0.5) is 5.69 Å². The highest BCUT2D eigenvalue weighted by atomic mass is 32.2. The number of aliphatic hydroxyl groups is 1. The van der Waals surface area contributed by atoms with Crippen molar-refractivity contribution in [2.45, 2.75) is 106 Å². The Balaban J connectivity index is 0.000000717. The van der Waals surface area contributed by atoms with E-state index in [1.54, 1.807) is 12.3 Å². The van der Waals surface area contributed by atoms with E-state index in [4.69, 9.17) is 0 Å². The van der Waals surface area contributed by atoms with Crippen LogP contribution in [0.1, 0.15) is 111 Å². The standard InChI is InChI=1S/C32H47NO2S.C3H6.C2H6.2C2H2/c1-30(2)26(21-7-9-22(10-8-21)33-36(4)35)16-18-31(3)27-13-11-25-23(24(27)12-14-29(30)31)15-19-32(20-34)17-5-6-28(25)32;1-3-2;3*1-2/h7-10,16,23-25,27-29,33-34H,5-6,11-15,17-20H2,1-4H3;3H,1H2,2H3;1-2H3;2*1-2H/t23?,24?,25?,27?,28?,29?,31-,32-,36?;;;;/m1..../s1. The van der Waals surface area contributed by atoms with Gasteiger partial charge in [-0.1, -0.05) is 65.3 Å². The zero-order valence-corrected chi connectivity index (χ0v) is 30.3. The van der Waals surface area contributed by atoms with Crippen LogP contribution in [0.5, 0.6) is 0 Å². The van der Waals surface area contributed by atoms with Crippen LogP contribution >= 0.6 is 0 Å². The minimum absolute atomic E-state index is 0.154. The van der Waals surface area contributed by atoms with E-state index in [2.05, 4.69) is 88.1 Å². The minimum Gasteiger partial charge on any atom is -0.396 e. The number of aliphatic hydroxyl groups excluding tert-OH is 1. The lowest BCUT2D eigenvalue weighted by Gasteiger charge is -2.64. The van der Waals surface area contributed by atoms with Gasteiger partial charge in [-0.2, -0.15) is 0 Å². The van der Waals surface area contributed by atoms with Gasteiger partial charge < -0.3 is 9.83 Å². The van der Waals surface area contributed by atoms with E-state index in [0.29, 0.717) is 12.0 Å². The molecular formula is C41H63NO2S. The van der Waals surface area contributed by atoms with E-state index in [1.807, 2.05) is 20.8 Å². The van der Waals surface area contributed by atoms with Crippen LogP contribution in [0.15, 0.2) is 43.0 Å². The summed E-state index contributed by atoms with van der Waals surface area (Å²) >= 11 is 0. The normalized spacial score (nSPS) is 35.6. The van der Waals surface area contributed by atoms with E-state index in [9.17, 15) is 9.32 Å². The first-order valence-electron chi connectivity index (χ1n) is 17.4. The SMILES string of the molecule is C#C.C#C.C=CC.CC.CS(=O)Nc1ccc(C2=CC[C@]3(C)C4CCC5C(CC[C@@]6(CO)CCCC56)C4CCC3C2(C)C)cc1. The van der Waals surface area contributed by atoms with Crippen molar-refractivity contribution in [2.24, 2.45) is 51.8 Å². The molecule has 4 saturated carbocycles. The molecule has 0 amide bonds. The Labute approximate surface area is 280 Å². The van der Waals surface area contributed by atoms with Crippen LogP contribution in [-0.2, 0) is 11.0 Å².